The minimum Gasteiger partial charge on any atom is -0.395 e. The monoisotopic (exact) mass is 273 g/mol. The van der Waals surface area contributed by atoms with E-state index in [-0.39, 0.29) is 18.6 Å². The summed E-state index contributed by atoms with van der Waals surface area (Å²) < 4.78 is 0. The van der Waals surface area contributed by atoms with Gasteiger partial charge in [-0.15, -0.1) is 0 Å². The molecule has 0 fully saturated rings. The number of aliphatic hydroxyl groups excluding tert-OH is 1. The Kier molecular flexibility index (Phi) is 6.83. The zero-order valence-corrected chi connectivity index (χ0v) is 12.5. The second-order valence-corrected chi connectivity index (χ2v) is 4.91. The van der Waals surface area contributed by atoms with Crippen LogP contribution in [0, 0.1) is 11.8 Å². The Balaban J connectivity index is 2.84. The summed E-state index contributed by atoms with van der Waals surface area (Å²) in [4.78, 5) is 14.2. The number of nitrogens with zero attached hydrogens (tertiary/aromatic N) is 1. The van der Waals surface area contributed by atoms with E-state index < -0.39 is 0 Å². The third-order valence-electron chi connectivity index (χ3n) is 3.27. The molecule has 0 aliphatic heterocycles. The summed E-state index contributed by atoms with van der Waals surface area (Å²) in [5.41, 5.74) is 1.46. The molecule has 0 aliphatic rings. The van der Waals surface area contributed by atoms with E-state index in [9.17, 15) is 4.79 Å². The molecule has 0 heterocycles. The van der Waals surface area contributed by atoms with Gasteiger partial charge < -0.3 is 10.0 Å². The molecule has 108 valence electrons. The molecule has 1 aromatic rings. The third kappa shape index (κ3) is 4.71. The van der Waals surface area contributed by atoms with Crippen LogP contribution in [0.1, 0.15) is 49.0 Å². The highest BCUT2D eigenvalue weighted by molar-refractivity contribution is 5.94. The van der Waals surface area contributed by atoms with Crippen molar-refractivity contribution in [2.45, 2.75) is 39.2 Å². The summed E-state index contributed by atoms with van der Waals surface area (Å²) in [5.74, 6) is 5.84. The van der Waals surface area contributed by atoms with Crippen LogP contribution in [0.3, 0.4) is 0 Å². The predicted octanol–water partition coefficient (Wildman–Crippen LogP) is 2.68. The van der Waals surface area contributed by atoms with Crippen LogP contribution >= 0.6 is 0 Å². The van der Waals surface area contributed by atoms with Gasteiger partial charge in [-0.1, -0.05) is 31.3 Å². The van der Waals surface area contributed by atoms with E-state index in [1.165, 1.54) is 0 Å². The summed E-state index contributed by atoms with van der Waals surface area (Å²) in [6.45, 7) is 4.24. The maximum absolute atomic E-state index is 12.4. The Morgan fingerprint density at radius 1 is 1.45 bits per heavy atom. The minimum atomic E-state index is 0.0248. The standard InChI is InChI=1S/C17H23NO2/c1-4-8-14(2)18(3)17(20)16-11-7-10-15(13-16)9-5-6-12-19/h7,10-11,13-14,19H,4,6,8,12H2,1-3H3. The summed E-state index contributed by atoms with van der Waals surface area (Å²) in [6, 6.07) is 7.57. The first-order valence-electron chi connectivity index (χ1n) is 7.07. The van der Waals surface area contributed by atoms with Gasteiger partial charge in [-0.05, 0) is 31.5 Å². The molecule has 0 aliphatic carbocycles. The van der Waals surface area contributed by atoms with Crippen LogP contribution < -0.4 is 0 Å². The first-order valence-corrected chi connectivity index (χ1v) is 7.07. The largest absolute Gasteiger partial charge is 0.395 e. The molecule has 0 saturated heterocycles. The lowest BCUT2D eigenvalue weighted by Gasteiger charge is -2.24. The number of aliphatic hydroxyl groups is 1. The molecule has 3 heteroatoms. The van der Waals surface area contributed by atoms with E-state index in [4.69, 9.17) is 5.11 Å². The fourth-order valence-corrected chi connectivity index (χ4v) is 1.97. The third-order valence-corrected chi connectivity index (χ3v) is 3.27. The van der Waals surface area contributed by atoms with E-state index in [0.29, 0.717) is 12.0 Å². The fourth-order valence-electron chi connectivity index (χ4n) is 1.97. The molecule has 0 aromatic heterocycles. The molecule has 1 N–H and O–H groups in total. The summed E-state index contributed by atoms with van der Waals surface area (Å²) in [7, 11) is 1.84. The van der Waals surface area contributed by atoms with Crippen LogP contribution in [-0.4, -0.2) is 35.6 Å². The smallest absolute Gasteiger partial charge is 0.253 e. The van der Waals surface area contributed by atoms with Crippen LogP contribution in [-0.2, 0) is 0 Å². The molecule has 1 amide bonds. The lowest BCUT2D eigenvalue weighted by Crippen LogP contribution is -2.34. The molecule has 0 radical (unpaired) electrons. The quantitative estimate of drug-likeness (QED) is 0.838. The van der Waals surface area contributed by atoms with Crippen molar-refractivity contribution in [1.82, 2.24) is 4.90 Å². The average molecular weight is 273 g/mol. The van der Waals surface area contributed by atoms with Crippen molar-refractivity contribution in [2.75, 3.05) is 13.7 Å². The Labute approximate surface area is 121 Å². The van der Waals surface area contributed by atoms with E-state index in [1.54, 1.807) is 4.90 Å². The van der Waals surface area contributed by atoms with Gasteiger partial charge in [-0.25, -0.2) is 0 Å². The first kappa shape index (κ1) is 16.3. The Bertz CT molecular complexity index is 499. The van der Waals surface area contributed by atoms with Gasteiger partial charge in [0, 0.05) is 30.6 Å². The van der Waals surface area contributed by atoms with Crippen molar-refractivity contribution in [3.8, 4) is 11.8 Å². The zero-order chi connectivity index (χ0) is 15.0. The van der Waals surface area contributed by atoms with Gasteiger partial charge in [0.25, 0.3) is 5.91 Å². The predicted molar refractivity (Wildman–Crippen MR) is 81.5 cm³/mol. The molecule has 1 unspecified atom stereocenters. The summed E-state index contributed by atoms with van der Waals surface area (Å²) in [5, 5.41) is 8.71. The highest BCUT2D eigenvalue weighted by Gasteiger charge is 2.16. The van der Waals surface area contributed by atoms with Crippen LogP contribution in [0.2, 0.25) is 0 Å². The van der Waals surface area contributed by atoms with Crippen LogP contribution in [0.5, 0.6) is 0 Å². The lowest BCUT2D eigenvalue weighted by molar-refractivity contribution is 0.0736. The Hall–Kier alpha value is -1.79. The van der Waals surface area contributed by atoms with E-state index >= 15 is 0 Å². The maximum Gasteiger partial charge on any atom is 0.253 e. The molecule has 1 aromatic carbocycles. The van der Waals surface area contributed by atoms with Gasteiger partial charge in [-0.3, -0.25) is 4.79 Å². The second kappa shape index (κ2) is 8.39. The number of benzene rings is 1. The molecule has 20 heavy (non-hydrogen) atoms. The SMILES string of the molecule is CCCC(C)N(C)C(=O)c1cccc(C#CCCO)c1. The van der Waals surface area contributed by atoms with Gasteiger partial charge >= 0.3 is 0 Å². The van der Waals surface area contributed by atoms with Crippen LogP contribution in [0.15, 0.2) is 24.3 Å². The highest BCUT2D eigenvalue weighted by atomic mass is 16.2. The van der Waals surface area contributed by atoms with E-state index in [2.05, 4.69) is 25.7 Å². The number of rotatable bonds is 5. The molecule has 1 atom stereocenters. The van der Waals surface area contributed by atoms with Gasteiger partial charge in [0.15, 0.2) is 0 Å². The fraction of sp³-hybridized carbons (Fsp3) is 0.471. The minimum absolute atomic E-state index is 0.0248. The Morgan fingerprint density at radius 2 is 2.20 bits per heavy atom. The lowest BCUT2D eigenvalue weighted by atomic mass is 10.1. The van der Waals surface area contributed by atoms with E-state index in [0.717, 1.165) is 18.4 Å². The molecular weight excluding hydrogens is 250 g/mol. The normalized spacial score (nSPS) is 11.4. The maximum atomic E-state index is 12.4. The number of hydrogen-bond donors (Lipinski definition) is 1. The van der Waals surface area contributed by atoms with Gasteiger partial charge in [0.2, 0.25) is 0 Å². The van der Waals surface area contributed by atoms with Crippen molar-refractivity contribution in [3.05, 3.63) is 35.4 Å². The Morgan fingerprint density at radius 3 is 2.85 bits per heavy atom. The number of carbonyl (C=O) groups excluding carboxylic acids is 1. The first-order chi connectivity index (χ1) is 9.60. The van der Waals surface area contributed by atoms with Crippen molar-refractivity contribution in [3.63, 3.8) is 0 Å². The number of carbonyl (C=O) groups is 1. The number of amides is 1. The second-order valence-electron chi connectivity index (χ2n) is 4.91. The molecule has 0 saturated carbocycles. The van der Waals surface area contributed by atoms with Gasteiger partial charge in [0.05, 0.1) is 6.61 Å². The van der Waals surface area contributed by atoms with Crippen molar-refractivity contribution >= 4 is 5.91 Å². The highest BCUT2D eigenvalue weighted by Crippen LogP contribution is 2.11. The average Bonchev–Trinajstić information content (AvgIpc) is 2.46. The molecular formula is C17H23NO2. The zero-order valence-electron chi connectivity index (χ0n) is 12.5. The van der Waals surface area contributed by atoms with E-state index in [1.807, 2.05) is 31.3 Å². The molecule has 0 bridgehead atoms. The van der Waals surface area contributed by atoms with Crippen molar-refractivity contribution in [1.29, 1.82) is 0 Å². The van der Waals surface area contributed by atoms with Crippen LogP contribution in [0.4, 0.5) is 0 Å². The topological polar surface area (TPSA) is 40.5 Å². The summed E-state index contributed by atoms with van der Waals surface area (Å²) in [6.07, 6.45) is 2.51. The summed E-state index contributed by atoms with van der Waals surface area (Å²) >= 11 is 0. The van der Waals surface area contributed by atoms with Crippen molar-refractivity contribution < 1.29 is 9.90 Å². The van der Waals surface area contributed by atoms with Gasteiger partial charge in [-0.2, -0.15) is 0 Å². The molecule has 1 rings (SSSR count). The molecule has 3 nitrogen and oxygen atoms in total. The van der Waals surface area contributed by atoms with Crippen molar-refractivity contribution in [2.24, 2.45) is 0 Å². The molecule has 0 spiro atoms. The van der Waals surface area contributed by atoms with Gasteiger partial charge in [0.1, 0.15) is 0 Å². The van der Waals surface area contributed by atoms with Crippen LogP contribution in [0.25, 0.3) is 0 Å². The number of hydrogen-bond acceptors (Lipinski definition) is 2.